The molecule has 0 aliphatic heterocycles. The first-order chi connectivity index (χ1) is 9.22. The van der Waals surface area contributed by atoms with Crippen molar-refractivity contribution in [3.8, 4) is 5.75 Å². The number of rotatable bonds is 4. The van der Waals surface area contributed by atoms with Crippen LogP contribution in [0.5, 0.6) is 5.75 Å². The van der Waals surface area contributed by atoms with Crippen LogP contribution in [0.25, 0.3) is 0 Å². The molecule has 2 rings (SSSR count). The molecule has 0 bridgehead atoms. The molecule has 0 fully saturated rings. The van der Waals surface area contributed by atoms with Crippen molar-refractivity contribution >= 4 is 11.6 Å². The maximum atomic E-state index is 12.1. The average Bonchev–Trinajstić information content (AvgIpc) is 2.47. The minimum atomic E-state index is -0.132. The molecular weight excluding hydrogens is 238 g/mol. The third-order valence-electron chi connectivity index (χ3n) is 2.93. The number of benzene rings is 2. The third-order valence-corrected chi connectivity index (χ3v) is 2.93. The van der Waals surface area contributed by atoms with Crippen molar-refractivity contribution in [1.29, 1.82) is 0 Å². The summed E-state index contributed by atoms with van der Waals surface area (Å²) >= 11 is 0. The molecule has 98 valence electrons. The Morgan fingerprint density at radius 2 is 1.95 bits per heavy atom. The fourth-order valence-corrected chi connectivity index (χ4v) is 1.84. The number of ether oxygens (including phenoxy) is 1. The van der Waals surface area contributed by atoms with E-state index in [1.54, 1.807) is 25.3 Å². The smallest absolute Gasteiger partial charge is 0.255 e. The Morgan fingerprint density at radius 1 is 1.16 bits per heavy atom. The zero-order chi connectivity index (χ0) is 13.7. The molecule has 2 aromatic carbocycles. The van der Waals surface area contributed by atoms with E-state index in [4.69, 9.17) is 4.74 Å². The van der Waals surface area contributed by atoms with Crippen molar-refractivity contribution in [3.63, 3.8) is 0 Å². The first kappa shape index (κ1) is 13.1. The largest absolute Gasteiger partial charge is 0.497 e. The van der Waals surface area contributed by atoms with Gasteiger partial charge in [-0.05, 0) is 42.3 Å². The number of carbonyl (C=O) groups is 1. The van der Waals surface area contributed by atoms with E-state index in [-0.39, 0.29) is 5.91 Å². The van der Waals surface area contributed by atoms with Gasteiger partial charge in [0.25, 0.3) is 5.91 Å². The van der Waals surface area contributed by atoms with Crippen LogP contribution in [0, 0.1) is 0 Å². The monoisotopic (exact) mass is 255 g/mol. The molecule has 0 unspecified atom stereocenters. The van der Waals surface area contributed by atoms with E-state index in [0.29, 0.717) is 11.3 Å². The number of anilines is 1. The van der Waals surface area contributed by atoms with Gasteiger partial charge in [0.1, 0.15) is 5.75 Å². The van der Waals surface area contributed by atoms with Crippen LogP contribution in [0.1, 0.15) is 22.8 Å². The molecule has 19 heavy (non-hydrogen) atoms. The Balaban J connectivity index is 2.15. The molecular formula is C16H17NO2. The Morgan fingerprint density at radius 3 is 2.68 bits per heavy atom. The van der Waals surface area contributed by atoms with Gasteiger partial charge in [0.2, 0.25) is 0 Å². The molecule has 1 amide bonds. The summed E-state index contributed by atoms with van der Waals surface area (Å²) in [5.41, 5.74) is 2.59. The maximum Gasteiger partial charge on any atom is 0.255 e. The van der Waals surface area contributed by atoms with Gasteiger partial charge < -0.3 is 10.1 Å². The molecule has 1 N–H and O–H groups in total. The highest BCUT2D eigenvalue weighted by Gasteiger charge is 2.07. The van der Waals surface area contributed by atoms with Gasteiger partial charge in [0, 0.05) is 11.3 Å². The summed E-state index contributed by atoms with van der Waals surface area (Å²) in [6, 6.07) is 15.0. The molecule has 0 aromatic heterocycles. The normalized spacial score (nSPS) is 10.0. The van der Waals surface area contributed by atoms with Crippen molar-refractivity contribution in [2.45, 2.75) is 13.3 Å². The summed E-state index contributed by atoms with van der Waals surface area (Å²) in [5, 5.41) is 2.89. The predicted molar refractivity (Wildman–Crippen MR) is 76.8 cm³/mol. The summed E-state index contributed by atoms with van der Waals surface area (Å²) in [4.78, 5) is 12.1. The van der Waals surface area contributed by atoms with Crippen molar-refractivity contribution in [1.82, 2.24) is 0 Å². The average molecular weight is 255 g/mol. The standard InChI is InChI=1S/C16H17NO2/c1-3-12-6-4-8-14(10-12)17-16(18)13-7-5-9-15(11-13)19-2/h4-11H,3H2,1-2H3,(H,17,18). The molecule has 3 nitrogen and oxygen atoms in total. The number of carbonyl (C=O) groups excluding carboxylic acids is 1. The minimum Gasteiger partial charge on any atom is -0.497 e. The van der Waals surface area contributed by atoms with Gasteiger partial charge >= 0.3 is 0 Å². The summed E-state index contributed by atoms with van der Waals surface area (Å²) in [6.45, 7) is 2.09. The highest BCUT2D eigenvalue weighted by Crippen LogP contribution is 2.16. The lowest BCUT2D eigenvalue weighted by Gasteiger charge is -2.07. The van der Waals surface area contributed by atoms with E-state index < -0.39 is 0 Å². The number of hydrogen-bond acceptors (Lipinski definition) is 2. The van der Waals surface area contributed by atoms with Crippen LogP contribution < -0.4 is 10.1 Å². The zero-order valence-corrected chi connectivity index (χ0v) is 11.1. The van der Waals surface area contributed by atoms with Crippen molar-refractivity contribution in [2.75, 3.05) is 12.4 Å². The first-order valence-electron chi connectivity index (χ1n) is 6.27. The van der Waals surface area contributed by atoms with Gasteiger partial charge in [0.15, 0.2) is 0 Å². The van der Waals surface area contributed by atoms with Crippen LogP contribution >= 0.6 is 0 Å². The van der Waals surface area contributed by atoms with Crippen molar-refractivity contribution < 1.29 is 9.53 Å². The summed E-state index contributed by atoms with van der Waals surface area (Å²) in [7, 11) is 1.59. The first-order valence-corrected chi connectivity index (χ1v) is 6.27. The number of nitrogens with one attached hydrogen (secondary N) is 1. The number of methoxy groups -OCH3 is 1. The fraction of sp³-hybridized carbons (Fsp3) is 0.188. The summed E-state index contributed by atoms with van der Waals surface area (Å²) in [6.07, 6.45) is 0.947. The van der Waals surface area contributed by atoms with Crippen LogP contribution in [0.3, 0.4) is 0 Å². The molecule has 0 aliphatic carbocycles. The zero-order valence-electron chi connectivity index (χ0n) is 11.1. The predicted octanol–water partition coefficient (Wildman–Crippen LogP) is 3.51. The summed E-state index contributed by atoms with van der Waals surface area (Å²) < 4.78 is 5.11. The van der Waals surface area contributed by atoms with E-state index in [1.165, 1.54) is 5.56 Å². The van der Waals surface area contributed by atoms with Crippen LogP contribution in [0.2, 0.25) is 0 Å². The second-order valence-corrected chi connectivity index (χ2v) is 4.24. The second-order valence-electron chi connectivity index (χ2n) is 4.24. The number of amides is 1. The molecule has 0 atom stereocenters. The number of hydrogen-bond donors (Lipinski definition) is 1. The van der Waals surface area contributed by atoms with Gasteiger partial charge in [-0.15, -0.1) is 0 Å². The Bertz CT molecular complexity index is 578. The van der Waals surface area contributed by atoms with Gasteiger partial charge in [0.05, 0.1) is 7.11 Å². The van der Waals surface area contributed by atoms with Crippen molar-refractivity contribution in [3.05, 3.63) is 59.7 Å². The molecule has 3 heteroatoms. The maximum absolute atomic E-state index is 12.1. The quantitative estimate of drug-likeness (QED) is 0.908. The highest BCUT2D eigenvalue weighted by molar-refractivity contribution is 6.04. The minimum absolute atomic E-state index is 0.132. The molecule has 0 saturated carbocycles. The van der Waals surface area contributed by atoms with Gasteiger partial charge in [-0.1, -0.05) is 25.1 Å². The lowest BCUT2D eigenvalue weighted by molar-refractivity contribution is 0.102. The molecule has 0 heterocycles. The van der Waals surface area contributed by atoms with Gasteiger partial charge in [-0.25, -0.2) is 0 Å². The van der Waals surface area contributed by atoms with Crippen LogP contribution in [-0.2, 0) is 6.42 Å². The van der Waals surface area contributed by atoms with Gasteiger partial charge in [-0.3, -0.25) is 4.79 Å². The fourth-order valence-electron chi connectivity index (χ4n) is 1.84. The van der Waals surface area contributed by atoms with Gasteiger partial charge in [-0.2, -0.15) is 0 Å². The third kappa shape index (κ3) is 3.35. The van der Waals surface area contributed by atoms with E-state index in [9.17, 15) is 4.79 Å². The molecule has 2 aromatic rings. The Kier molecular flexibility index (Phi) is 4.18. The van der Waals surface area contributed by atoms with Crippen LogP contribution in [-0.4, -0.2) is 13.0 Å². The van der Waals surface area contributed by atoms with E-state index in [2.05, 4.69) is 12.2 Å². The summed E-state index contributed by atoms with van der Waals surface area (Å²) in [5.74, 6) is 0.544. The molecule has 0 saturated heterocycles. The lowest BCUT2D eigenvalue weighted by atomic mass is 10.1. The van der Waals surface area contributed by atoms with E-state index in [0.717, 1.165) is 12.1 Å². The highest BCUT2D eigenvalue weighted by atomic mass is 16.5. The Hall–Kier alpha value is -2.29. The Labute approximate surface area is 113 Å². The van der Waals surface area contributed by atoms with Crippen molar-refractivity contribution in [2.24, 2.45) is 0 Å². The SMILES string of the molecule is CCc1cccc(NC(=O)c2cccc(OC)c2)c1. The lowest BCUT2D eigenvalue weighted by Crippen LogP contribution is -2.12. The van der Waals surface area contributed by atoms with E-state index in [1.807, 2.05) is 30.3 Å². The molecule has 0 aliphatic rings. The van der Waals surface area contributed by atoms with E-state index >= 15 is 0 Å². The topological polar surface area (TPSA) is 38.3 Å². The van der Waals surface area contributed by atoms with Crippen LogP contribution in [0.15, 0.2) is 48.5 Å². The second kappa shape index (κ2) is 6.05. The molecule has 0 spiro atoms. The number of aryl methyl sites for hydroxylation is 1. The van der Waals surface area contributed by atoms with Crippen LogP contribution in [0.4, 0.5) is 5.69 Å². The molecule has 0 radical (unpaired) electrons.